The minimum atomic E-state index is -1.32. The topological polar surface area (TPSA) is 63.7 Å². The van der Waals surface area contributed by atoms with Crippen molar-refractivity contribution in [1.82, 2.24) is 4.90 Å². The summed E-state index contributed by atoms with van der Waals surface area (Å²) in [6, 6.07) is 30.4. The molecule has 8 rings (SSSR count). The standard InChI is InChI=1S/C34H24BrCl2NO4/c35-22-16-14-21(15-17-22)19-42-32(41)27(18-20-8-2-1-3-9-20)38-30(39)28-29(31(38)40)34(37)24-11-5-4-10-23(24)33(28,36)25-12-6-7-13-26(25)34/h1-17,27-29H,18-19H2/t27-,28-,29-,33?,34?/m0/s1. The van der Waals surface area contributed by atoms with Crippen molar-refractivity contribution in [3.05, 3.63) is 141 Å². The minimum Gasteiger partial charge on any atom is -0.459 e. The van der Waals surface area contributed by atoms with E-state index in [-0.39, 0.29) is 13.0 Å². The fourth-order valence-electron chi connectivity index (χ4n) is 6.94. The van der Waals surface area contributed by atoms with Gasteiger partial charge in [-0.25, -0.2) is 4.79 Å². The van der Waals surface area contributed by atoms with Crippen LogP contribution < -0.4 is 0 Å². The third kappa shape index (κ3) is 3.85. The molecule has 42 heavy (non-hydrogen) atoms. The normalized spacial score (nSPS) is 25.9. The lowest BCUT2D eigenvalue weighted by Gasteiger charge is -2.54. The van der Waals surface area contributed by atoms with E-state index < -0.39 is 45.4 Å². The highest BCUT2D eigenvalue weighted by molar-refractivity contribution is 9.10. The molecule has 1 heterocycles. The smallest absolute Gasteiger partial charge is 0.330 e. The SMILES string of the molecule is O=C(OCc1ccc(Br)cc1)[C@H](Cc1ccccc1)N1C(=O)[C@@H]2[C@@H](C1=O)C1(Cl)c3ccccc3C2(Cl)c2ccccc21. The van der Waals surface area contributed by atoms with Crippen LogP contribution in [0.1, 0.15) is 33.4 Å². The number of hydrogen-bond acceptors (Lipinski definition) is 4. The maximum Gasteiger partial charge on any atom is 0.330 e. The average Bonchev–Trinajstić information content (AvgIpc) is 3.29. The zero-order chi connectivity index (χ0) is 29.2. The molecule has 2 bridgehead atoms. The van der Waals surface area contributed by atoms with Gasteiger partial charge in [-0.1, -0.05) is 107 Å². The number of hydrogen-bond donors (Lipinski definition) is 0. The summed E-state index contributed by atoms with van der Waals surface area (Å²) in [7, 11) is 0. The molecule has 3 atom stereocenters. The third-order valence-corrected chi connectivity index (χ3v) is 10.6. The molecule has 1 saturated heterocycles. The summed E-state index contributed by atoms with van der Waals surface area (Å²) in [5.74, 6) is -3.69. The van der Waals surface area contributed by atoms with Crippen LogP contribution in [0.3, 0.4) is 0 Å². The van der Waals surface area contributed by atoms with Crippen LogP contribution in [-0.2, 0) is 41.9 Å². The number of imide groups is 1. The van der Waals surface area contributed by atoms with Crippen molar-refractivity contribution in [3.63, 3.8) is 0 Å². The molecule has 0 saturated carbocycles. The predicted molar refractivity (Wildman–Crippen MR) is 163 cm³/mol. The van der Waals surface area contributed by atoms with Gasteiger partial charge in [0.15, 0.2) is 0 Å². The molecule has 0 spiro atoms. The van der Waals surface area contributed by atoms with Gasteiger partial charge in [-0.05, 0) is 45.5 Å². The number of ether oxygens (including phenoxy) is 1. The monoisotopic (exact) mass is 659 g/mol. The number of carbonyl (C=O) groups excluding carboxylic acids is 3. The molecule has 4 aromatic carbocycles. The fraction of sp³-hybridized carbons (Fsp3) is 0.206. The average molecular weight is 661 g/mol. The van der Waals surface area contributed by atoms with Crippen molar-refractivity contribution in [2.75, 3.05) is 0 Å². The van der Waals surface area contributed by atoms with E-state index in [9.17, 15) is 14.4 Å². The first-order chi connectivity index (χ1) is 20.3. The van der Waals surface area contributed by atoms with Crippen molar-refractivity contribution in [2.45, 2.75) is 28.8 Å². The number of carbonyl (C=O) groups is 3. The number of likely N-dealkylation sites (tertiary alicyclic amines) is 1. The Morgan fingerprint density at radius 3 is 1.64 bits per heavy atom. The Kier molecular flexibility index (Phi) is 6.57. The highest BCUT2D eigenvalue weighted by Gasteiger charge is 2.73. The van der Waals surface area contributed by atoms with Gasteiger partial charge in [-0.3, -0.25) is 14.5 Å². The van der Waals surface area contributed by atoms with Gasteiger partial charge < -0.3 is 4.74 Å². The molecule has 0 unspecified atom stereocenters. The summed E-state index contributed by atoms with van der Waals surface area (Å²) in [4.78, 5) is 41.2. The van der Waals surface area contributed by atoms with Crippen molar-refractivity contribution >= 4 is 56.9 Å². The molecule has 0 radical (unpaired) electrons. The molecule has 4 aliphatic rings. The van der Waals surface area contributed by atoms with Gasteiger partial charge in [0.2, 0.25) is 11.8 Å². The summed E-state index contributed by atoms with van der Waals surface area (Å²) in [5.41, 5.74) is 4.41. The summed E-state index contributed by atoms with van der Waals surface area (Å²) in [5, 5.41) is 0. The van der Waals surface area contributed by atoms with Crippen molar-refractivity contribution in [1.29, 1.82) is 0 Å². The number of halogens is 3. The molecule has 4 aromatic rings. The van der Waals surface area contributed by atoms with Gasteiger partial charge in [0, 0.05) is 10.9 Å². The Morgan fingerprint density at radius 2 is 1.17 bits per heavy atom. The molecule has 210 valence electrons. The van der Waals surface area contributed by atoms with E-state index in [4.69, 9.17) is 27.9 Å². The number of benzene rings is 4. The lowest BCUT2D eigenvalue weighted by atomic mass is 9.54. The predicted octanol–water partition coefficient (Wildman–Crippen LogP) is 6.70. The molecular formula is C34H24BrCl2NO4. The largest absolute Gasteiger partial charge is 0.459 e. The third-order valence-electron chi connectivity index (χ3n) is 8.77. The van der Waals surface area contributed by atoms with Gasteiger partial charge in [0.05, 0.1) is 11.8 Å². The number of nitrogens with zero attached hydrogens (tertiary/aromatic N) is 1. The zero-order valence-corrected chi connectivity index (χ0v) is 25.3. The van der Waals surface area contributed by atoms with E-state index >= 15 is 0 Å². The second-order valence-electron chi connectivity index (χ2n) is 11.0. The first kappa shape index (κ1) is 27.4. The molecule has 5 nitrogen and oxygen atoms in total. The lowest BCUT2D eigenvalue weighted by molar-refractivity contribution is -0.159. The van der Waals surface area contributed by atoms with E-state index in [1.54, 1.807) is 0 Å². The van der Waals surface area contributed by atoms with E-state index in [0.717, 1.165) is 20.5 Å². The lowest BCUT2D eigenvalue weighted by Crippen LogP contribution is -2.57. The van der Waals surface area contributed by atoms with Gasteiger partial charge in [0.25, 0.3) is 0 Å². The van der Waals surface area contributed by atoms with Crippen LogP contribution in [0.2, 0.25) is 0 Å². The van der Waals surface area contributed by atoms with Gasteiger partial charge in [-0.2, -0.15) is 0 Å². The molecule has 0 N–H and O–H groups in total. The maximum absolute atomic E-state index is 14.5. The Labute approximate surface area is 261 Å². The molecular weight excluding hydrogens is 637 g/mol. The highest BCUT2D eigenvalue weighted by atomic mass is 79.9. The molecule has 8 heteroatoms. The zero-order valence-electron chi connectivity index (χ0n) is 22.2. The minimum absolute atomic E-state index is 0.00372. The molecule has 1 fully saturated rings. The second-order valence-corrected chi connectivity index (χ2v) is 13.1. The van der Waals surface area contributed by atoms with Crippen LogP contribution in [0.5, 0.6) is 0 Å². The van der Waals surface area contributed by atoms with Gasteiger partial charge in [0.1, 0.15) is 22.4 Å². The first-order valence-corrected chi connectivity index (χ1v) is 15.2. The summed E-state index contributed by atoms with van der Waals surface area (Å²) >= 11 is 18.5. The Hall–Kier alpha value is -3.45. The van der Waals surface area contributed by atoms with Gasteiger partial charge >= 0.3 is 5.97 Å². The molecule has 2 amide bonds. The summed E-state index contributed by atoms with van der Waals surface area (Å²) < 4.78 is 6.64. The number of alkyl halides is 2. The van der Waals surface area contributed by atoms with E-state index in [0.29, 0.717) is 22.3 Å². The fourth-order valence-corrected chi connectivity index (χ4v) is 8.31. The van der Waals surface area contributed by atoms with Crippen molar-refractivity contribution in [2.24, 2.45) is 11.8 Å². The first-order valence-electron chi connectivity index (χ1n) is 13.7. The van der Waals surface area contributed by atoms with Crippen LogP contribution in [0, 0.1) is 11.8 Å². The van der Waals surface area contributed by atoms with Crippen LogP contribution in [0.4, 0.5) is 0 Å². The van der Waals surface area contributed by atoms with Crippen molar-refractivity contribution < 1.29 is 19.1 Å². The molecule has 1 aliphatic heterocycles. The van der Waals surface area contributed by atoms with Crippen LogP contribution in [0.15, 0.2) is 108 Å². The number of rotatable bonds is 6. The van der Waals surface area contributed by atoms with Crippen molar-refractivity contribution in [3.8, 4) is 0 Å². The Morgan fingerprint density at radius 1 is 0.714 bits per heavy atom. The second kappa shape index (κ2) is 10.1. The quantitative estimate of drug-likeness (QED) is 0.131. The van der Waals surface area contributed by atoms with E-state index in [1.165, 1.54) is 0 Å². The molecule has 3 aliphatic carbocycles. The van der Waals surface area contributed by atoms with Crippen LogP contribution in [-0.4, -0.2) is 28.7 Å². The number of amides is 2. The Bertz CT molecular complexity index is 1620. The maximum atomic E-state index is 14.5. The van der Waals surface area contributed by atoms with Gasteiger partial charge in [-0.15, -0.1) is 23.2 Å². The number of esters is 1. The van der Waals surface area contributed by atoms with Crippen LogP contribution in [0.25, 0.3) is 0 Å². The Balaban J connectivity index is 1.32. The summed E-state index contributed by atoms with van der Waals surface area (Å²) in [6.07, 6.45) is 0.0986. The van der Waals surface area contributed by atoms with E-state index in [1.807, 2.05) is 103 Å². The summed E-state index contributed by atoms with van der Waals surface area (Å²) in [6.45, 7) is -0.00372. The molecule has 0 aromatic heterocycles. The van der Waals surface area contributed by atoms with Crippen LogP contribution >= 0.6 is 39.1 Å². The highest BCUT2D eigenvalue weighted by Crippen LogP contribution is 2.69. The van der Waals surface area contributed by atoms with E-state index in [2.05, 4.69) is 15.9 Å².